The number of aromatic nitrogens is 1. The van der Waals surface area contributed by atoms with Gasteiger partial charge >= 0.3 is 0 Å². The monoisotopic (exact) mass is 390 g/mol. The molecule has 0 amide bonds. The van der Waals surface area contributed by atoms with Crippen molar-refractivity contribution < 1.29 is 17.7 Å². The van der Waals surface area contributed by atoms with Crippen molar-refractivity contribution in [2.45, 2.75) is 12.7 Å². The molecule has 0 aliphatic heterocycles. The summed E-state index contributed by atoms with van der Waals surface area (Å²) in [5.41, 5.74) is 0.612. The smallest absolute Gasteiger partial charge is 0.233 e. The minimum Gasteiger partial charge on any atom is -0.435 e. The Labute approximate surface area is 135 Å². The van der Waals surface area contributed by atoms with Crippen molar-refractivity contribution in [3.05, 3.63) is 52.1 Å². The molecule has 8 heteroatoms. The van der Waals surface area contributed by atoms with Crippen LogP contribution in [0.25, 0.3) is 0 Å². The van der Waals surface area contributed by atoms with E-state index in [1.807, 2.05) is 0 Å². The summed E-state index contributed by atoms with van der Waals surface area (Å²) in [4.78, 5) is 4.02. The second-order valence-corrected chi connectivity index (χ2v) is 7.90. The first kappa shape index (κ1) is 16.8. The Kier molecular flexibility index (Phi) is 5.12. The molecule has 1 N–H and O–H groups in total. The molecule has 118 valence electrons. The number of benzene rings is 1. The fourth-order valence-electron chi connectivity index (χ4n) is 1.65. The largest absolute Gasteiger partial charge is 0.435 e. The molecule has 1 aromatic heterocycles. The van der Waals surface area contributed by atoms with Gasteiger partial charge in [0.05, 0.1) is 10.2 Å². The summed E-state index contributed by atoms with van der Waals surface area (Å²) in [6.45, 7) is 1.69. The molecule has 1 atom stereocenters. The van der Waals surface area contributed by atoms with Gasteiger partial charge in [0.25, 0.3) is 0 Å². The predicted octanol–water partition coefficient (Wildman–Crippen LogP) is 4.48. The third-order valence-corrected chi connectivity index (χ3v) is 5.13. The SMILES string of the molecule is CCS(=N)(=O)Cc1cnc(Oc2ccc(F)cc2F)c(Br)c1. The summed E-state index contributed by atoms with van der Waals surface area (Å²) in [6.07, 6.45) is 1.42. The molecule has 0 spiro atoms. The summed E-state index contributed by atoms with van der Waals surface area (Å²) in [6, 6.07) is 4.58. The van der Waals surface area contributed by atoms with Gasteiger partial charge < -0.3 is 4.74 Å². The van der Waals surface area contributed by atoms with Crippen LogP contribution in [-0.2, 0) is 15.5 Å². The van der Waals surface area contributed by atoms with Crippen LogP contribution in [0.4, 0.5) is 8.78 Å². The molecular formula is C14H13BrF2N2O2S. The Morgan fingerprint density at radius 1 is 1.36 bits per heavy atom. The summed E-state index contributed by atoms with van der Waals surface area (Å²) in [5.74, 6) is -1.25. The maximum atomic E-state index is 13.5. The molecule has 0 fully saturated rings. The van der Waals surface area contributed by atoms with Gasteiger partial charge in [-0.05, 0) is 39.7 Å². The molecule has 0 saturated carbocycles. The fraction of sp³-hybridized carbons (Fsp3) is 0.214. The maximum absolute atomic E-state index is 13.5. The summed E-state index contributed by atoms with van der Waals surface area (Å²) >= 11 is 3.24. The summed E-state index contributed by atoms with van der Waals surface area (Å²) in [5, 5.41) is 0. The van der Waals surface area contributed by atoms with Crippen molar-refractivity contribution in [1.82, 2.24) is 4.98 Å². The third-order valence-electron chi connectivity index (χ3n) is 2.83. The number of pyridine rings is 1. The minimum atomic E-state index is -2.68. The van der Waals surface area contributed by atoms with Crippen LogP contribution in [-0.4, -0.2) is 14.9 Å². The third kappa shape index (κ3) is 4.23. The van der Waals surface area contributed by atoms with Crippen molar-refractivity contribution in [2.24, 2.45) is 0 Å². The van der Waals surface area contributed by atoms with Crippen molar-refractivity contribution in [2.75, 3.05) is 5.75 Å². The molecule has 1 unspecified atom stereocenters. The minimum absolute atomic E-state index is 0.0836. The first-order valence-corrected chi connectivity index (χ1v) is 9.01. The number of hydrogen-bond donors (Lipinski definition) is 1. The van der Waals surface area contributed by atoms with Gasteiger partial charge in [-0.3, -0.25) is 4.78 Å². The predicted molar refractivity (Wildman–Crippen MR) is 83.5 cm³/mol. The lowest BCUT2D eigenvalue weighted by Crippen LogP contribution is -2.05. The normalized spacial score (nSPS) is 13.6. The van der Waals surface area contributed by atoms with E-state index < -0.39 is 21.4 Å². The lowest BCUT2D eigenvalue weighted by Gasteiger charge is -2.10. The number of rotatable bonds is 5. The van der Waals surface area contributed by atoms with Crippen LogP contribution >= 0.6 is 15.9 Å². The molecule has 2 aromatic rings. The van der Waals surface area contributed by atoms with Crippen LogP contribution in [0.15, 0.2) is 34.9 Å². The molecular weight excluding hydrogens is 378 g/mol. The van der Waals surface area contributed by atoms with Gasteiger partial charge in [0.15, 0.2) is 11.6 Å². The van der Waals surface area contributed by atoms with Crippen LogP contribution in [0.1, 0.15) is 12.5 Å². The fourth-order valence-corrected chi connectivity index (χ4v) is 3.03. The van der Waals surface area contributed by atoms with E-state index in [2.05, 4.69) is 20.9 Å². The van der Waals surface area contributed by atoms with E-state index in [4.69, 9.17) is 9.52 Å². The molecule has 0 saturated heterocycles. The Hall–Kier alpha value is -1.54. The highest BCUT2D eigenvalue weighted by Gasteiger charge is 2.12. The van der Waals surface area contributed by atoms with E-state index in [0.29, 0.717) is 16.1 Å². The van der Waals surface area contributed by atoms with Crippen molar-refractivity contribution in [1.29, 1.82) is 4.78 Å². The average Bonchev–Trinajstić information content (AvgIpc) is 2.44. The van der Waals surface area contributed by atoms with E-state index >= 15 is 0 Å². The molecule has 1 aromatic carbocycles. The standard InChI is InChI=1S/C14H13BrF2N2O2S/c1-2-22(18,20)8-9-5-11(15)14(19-7-9)21-13-4-3-10(16)6-12(13)17/h3-7,18H,2,8H2,1H3. The van der Waals surface area contributed by atoms with Crippen LogP contribution in [0, 0.1) is 16.4 Å². The number of hydrogen-bond acceptors (Lipinski definition) is 4. The highest BCUT2D eigenvalue weighted by Crippen LogP contribution is 2.30. The zero-order valence-corrected chi connectivity index (χ0v) is 14.0. The first-order chi connectivity index (χ1) is 10.3. The van der Waals surface area contributed by atoms with E-state index in [9.17, 15) is 13.0 Å². The van der Waals surface area contributed by atoms with Crippen LogP contribution in [0.5, 0.6) is 11.6 Å². The van der Waals surface area contributed by atoms with Gasteiger partial charge in [-0.1, -0.05) is 6.92 Å². The molecule has 0 aliphatic carbocycles. The topological polar surface area (TPSA) is 63.0 Å². The second kappa shape index (κ2) is 6.70. The maximum Gasteiger partial charge on any atom is 0.233 e. The lowest BCUT2D eigenvalue weighted by molar-refractivity contribution is 0.421. The quantitative estimate of drug-likeness (QED) is 0.818. The van der Waals surface area contributed by atoms with E-state index in [-0.39, 0.29) is 23.1 Å². The number of ether oxygens (including phenoxy) is 1. The Morgan fingerprint density at radius 3 is 2.68 bits per heavy atom. The number of halogens is 3. The summed E-state index contributed by atoms with van der Waals surface area (Å²) in [7, 11) is -2.68. The molecule has 0 aliphatic rings. The van der Waals surface area contributed by atoms with Crippen molar-refractivity contribution in [3.8, 4) is 11.6 Å². The molecule has 0 bridgehead atoms. The number of nitrogens with zero attached hydrogens (tertiary/aromatic N) is 1. The van der Waals surface area contributed by atoms with Gasteiger partial charge in [0.1, 0.15) is 5.82 Å². The lowest BCUT2D eigenvalue weighted by atomic mass is 10.3. The van der Waals surface area contributed by atoms with Crippen LogP contribution < -0.4 is 4.74 Å². The molecule has 22 heavy (non-hydrogen) atoms. The van der Waals surface area contributed by atoms with Gasteiger partial charge in [-0.25, -0.2) is 18.0 Å². The van der Waals surface area contributed by atoms with E-state index in [1.165, 1.54) is 12.3 Å². The zero-order chi connectivity index (χ0) is 16.3. The first-order valence-electron chi connectivity index (χ1n) is 6.32. The number of nitrogens with one attached hydrogen (secondary N) is 1. The van der Waals surface area contributed by atoms with Gasteiger partial charge in [0, 0.05) is 27.7 Å². The Bertz CT molecular complexity index is 797. The molecule has 4 nitrogen and oxygen atoms in total. The molecule has 0 radical (unpaired) electrons. The molecule has 2 rings (SSSR count). The van der Waals surface area contributed by atoms with Crippen LogP contribution in [0.2, 0.25) is 0 Å². The van der Waals surface area contributed by atoms with Gasteiger partial charge in [-0.2, -0.15) is 0 Å². The van der Waals surface area contributed by atoms with Gasteiger partial charge in [0.2, 0.25) is 5.88 Å². The Balaban J connectivity index is 2.23. The molecule has 1 heterocycles. The second-order valence-electron chi connectivity index (χ2n) is 4.55. The Morgan fingerprint density at radius 2 is 2.09 bits per heavy atom. The highest BCUT2D eigenvalue weighted by molar-refractivity contribution is 9.10. The van der Waals surface area contributed by atoms with E-state index in [1.54, 1.807) is 13.0 Å². The summed E-state index contributed by atoms with van der Waals surface area (Å²) < 4.78 is 51.5. The van der Waals surface area contributed by atoms with Crippen molar-refractivity contribution in [3.63, 3.8) is 0 Å². The highest BCUT2D eigenvalue weighted by atomic mass is 79.9. The van der Waals surface area contributed by atoms with Gasteiger partial charge in [-0.15, -0.1) is 0 Å². The average molecular weight is 391 g/mol. The van der Waals surface area contributed by atoms with Crippen LogP contribution in [0.3, 0.4) is 0 Å². The zero-order valence-electron chi connectivity index (χ0n) is 11.6. The van der Waals surface area contributed by atoms with Crippen molar-refractivity contribution >= 4 is 25.7 Å². The van der Waals surface area contributed by atoms with E-state index in [0.717, 1.165) is 6.07 Å².